The number of carboxylic acid groups (broad SMARTS) is 1. The van der Waals surface area contributed by atoms with Crippen molar-refractivity contribution in [2.45, 2.75) is 51.6 Å². The molecule has 0 aliphatic rings. The lowest BCUT2D eigenvalue weighted by molar-refractivity contribution is -0.142. The largest absolute Gasteiger partial charge is 0.480 e. The monoisotopic (exact) mass is 216 g/mol. The second kappa shape index (κ2) is 7.23. The lowest BCUT2D eigenvalue weighted by atomic mass is 10.1. The van der Waals surface area contributed by atoms with Crippen molar-refractivity contribution in [3.63, 3.8) is 0 Å². The molecule has 4 N–H and O–H groups in total. The third-order valence-corrected chi connectivity index (χ3v) is 2.13. The smallest absolute Gasteiger partial charge is 0.326 e. The van der Waals surface area contributed by atoms with Crippen molar-refractivity contribution in [2.24, 2.45) is 5.73 Å². The van der Waals surface area contributed by atoms with E-state index in [1.807, 2.05) is 13.8 Å². The first-order valence-corrected chi connectivity index (χ1v) is 5.31. The number of nitrogens with two attached hydrogens (primary N) is 1. The molecular formula is C10H20N2O3. The minimum Gasteiger partial charge on any atom is -0.480 e. The highest BCUT2D eigenvalue weighted by Gasteiger charge is 2.21. The summed E-state index contributed by atoms with van der Waals surface area (Å²) in [6.07, 6.45) is 2.52. The van der Waals surface area contributed by atoms with Gasteiger partial charge in [-0.25, -0.2) is 4.79 Å². The Morgan fingerprint density at radius 2 is 1.80 bits per heavy atom. The van der Waals surface area contributed by atoms with E-state index in [2.05, 4.69) is 5.32 Å². The first kappa shape index (κ1) is 13.9. The number of nitrogens with one attached hydrogen (secondary N) is 1. The van der Waals surface area contributed by atoms with Crippen molar-refractivity contribution in [3.05, 3.63) is 0 Å². The topological polar surface area (TPSA) is 92.4 Å². The third-order valence-electron chi connectivity index (χ3n) is 2.13. The SMILES string of the molecule is CCC[C@H](N)C(=O)N[C@H](CCC)C(=O)O. The van der Waals surface area contributed by atoms with Crippen molar-refractivity contribution < 1.29 is 14.7 Å². The summed E-state index contributed by atoms with van der Waals surface area (Å²) in [5.41, 5.74) is 5.57. The van der Waals surface area contributed by atoms with Crippen LogP contribution in [0.2, 0.25) is 0 Å². The van der Waals surface area contributed by atoms with Crippen LogP contribution in [0.4, 0.5) is 0 Å². The van der Waals surface area contributed by atoms with Crippen LogP contribution in [0.3, 0.4) is 0 Å². The Balaban J connectivity index is 4.15. The summed E-state index contributed by atoms with van der Waals surface area (Å²) in [6.45, 7) is 3.79. The third kappa shape index (κ3) is 5.37. The van der Waals surface area contributed by atoms with Gasteiger partial charge in [0.2, 0.25) is 5.91 Å². The van der Waals surface area contributed by atoms with Gasteiger partial charge in [0.05, 0.1) is 6.04 Å². The molecule has 0 unspecified atom stereocenters. The van der Waals surface area contributed by atoms with Gasteiger partial charge in [0.15, 0.2) is 0 Å². The van der Waals surface area contributed by atoms with E-state index in [-0.39, 0.29) is 5.91 Å². The summed E-state index contributed by atoms with van der Waals surface area (Å²) in [6, 6.07) is -1.42. The van der Waals surface area contributed by atoms with Crippen molar-refractivity contribution >= 4 is 11.9 Å². The number of hydrogen-bond acceptors (Lipinski definition) is 3. The lowest BCUT2D eigenvalue weighted by Crippen LogP contribution is -2.48. The van der Waals surface area contributed by atoms with Crippen molar-refractivity contribution in [1.82, 2.24) is 5.32 Å². The molecule has 0 fully saturated rings. The van der Waals surface area contributed by atoms with Gasteiger partial charge in [-0.05, 0) is 12.8 Å². The number of rotatable bonds is 7. The minimum absolute atomic E-state index is 0.377. The van der Waals surface area contributed by atoms with Crippen molar-refractivity contribution in [2.75, 3.05) is 0 Å². The molecule has 1 amide bonds. The molecule has 0 saturated heterocycles. The van der Waals surface area contributed by atoms with Crippen LogP contribution in [0, 0.1) is 0 Å². The Morgan fingerprint density at radius 1 is 1.27 bits per heavy atom. The zero-order valence-corrected chi connectivity index (χ0v) is 9.32. The molecule has 0 bridgehead atoms. The van der Waals surface area contributed by atoms with Gasteiger partial charge in [0, 0.05) is 0 Å². The Labute approximate surface area is 90.0 Å². The van der Waals surface area contributed by atoms with E-state index in [1.165, 1.54) is 0 Å². The van der Waals surface area contributed by atoms with Gasteiger partial charge in [-0.1, -0.05) is 26.7 Å². The minimum atomic E-state index is -1.01. The number of hydrogen-bond donors (Lipinski definition) is 3. The van der Waals surface area contributed by atoms with Crippen LogP contribution in [0.15, 0.2) is 0 Å². The van der Waals surface area contributed by atoms with Gasteiger partial charge in [-0.3, -0.25) is 4.79 Å². The normalized spacial score (nSPS) is 14.3. The van der Waals surface area contributed by atoms with E-state index in [4.69, 9.17) is 10.8 Å². The highest BCUT2D eigenvalue weighted by molar-refractivity contribution is 5.86. The van der Waals surface area contributed by atoms with Crippen LogP contribution >= 0.6 is 0 Å². The standard InChI is InChI=1S/C10H20N2O3/c1-3-5-7(11)9(13)12-8(6-4-2)10(14)15/h7-8H,3-6,11H2,1-2H3,(H,12,13)(H,14,15)/t7-,8+/m0/s1. The molecule has 0 aliphatic heterocycles. The van der Waals surface area contributed by atoms with E-state index in [0.29, 0.717) is 19.3 Å². The molecule has 0 heterocycles. The number of carboxylic acids is 1. The molecule has 5 nitrogen and oxygen atoms in total. The average molecular weight is 216 g/mol. The Bertz CT molecular complexity index is 219. The van der Waals surface area contributed by atoms with E-state index in [0.717, 1.165) is 6.42 Å². The zero-order valence-electron chi connectivity index (χ0n) is 9.32. The zero-order chi connectivity index (χ0) is 11.8. The predicted octanol–water partition coefficient (Wildman–Crippen LogP) is 0.483. The molecule has 2 atom stereocenters. The fraction of sp³-hybridized carbons (Fsp3) is 0.800. The van der Waals surface area contributed by atoms with Gasteiger partial charge < -0.3 is 16.2 Å². The summed E-state index contributed by atoms with van der Waals surface area (Å²) in [4.78, 5) is 22.2. The van der Waals surface area contributed by atoms with Crippen molar-refractivity contribution in [3.8, 4) is 0 Å². The van der Waals surface area contributed by atoms with Gasteiger partial charge in [-0.15, -0.1) is 0 Å². The molecular weight excluding hydrogens is 196 g/mol. The maximum atomic E-state index is 11.4. The van der Waals surface area contributed by atoms with Crippen molar-refractivity contribution in [1.29, 1.82) is 0 Å². The number of aliphatic carboxylic acids is 1. The van der Waals surface area contributed by atoms with Gasteiger partial charge in [-0.2, -0.15) is 0 Å². The van der Waals surface area contributed by atoms with Crippen LogP contribution in [0.5, 0.6) is 0 Å². The maximum Gasteiger partial charge on any atom is 0.326 e. The summed E-state index contributed by atoms with van der Waals surface area (Å²) < 4.78 is 0. The molecule has 0 saturated carbocycles. The summed E-state index contributed by atoms with van der Waals surface area (Å²) >= 11 is 0. The van der Waals surface area contributed by atoms with E-state index >= 15 is 0 Å². The molecule has 0 aliphatic carbocycles. The number of carbonyl (C=O) groups is 2. The van der Waals surface area contributed by atoms with E-state index in [1.54, 1.807) is 0 Å². The summed E-state index contributed by atoms with van der Waals surface area (Å²) in [7, 11) is 0. The maximum absolute atomic E-state index is 11.4. The van der Waals surface area contributed by atoms with Crippen LogP contribution in [-0.2, 0) is 9.59 Å². The molecule has 0 aromatic rings. The fourth-order valence-corrected chi connectivity index (χ4v) is 1.27. The Hall–Kier alpha value is -1.10. The average Bonchev–Trinajstić information content (AvgIpc) is 2.17. The Morgan fingerprint density at radius 3 is 2.20 bits per heavy atom. The molecule has 0 rings (SSSR count). The van der Waals surface area contributed by atoms with Gasteiger partial charge >= 0.3 is 5.97 Å². The van der Waals surface area contributed by atoms with Gasteiger partial charge in [0.1, 0.15) is 6.04 Å². The molecule has 15 heavy (non-hydrogen) atoms. The first-order chi connectivity index (χ1) is 7.02. The van der Waals surface area contributed by atoms with Crippen LogP contribution in [0.1, 0.15) is 39.5 Å². The van der Waals surface area contributed by atoms with Crippen LogP contribution in [-0.4, -0.2) is 29.1 Å². The highest BCUT2D eigenvalue weighted by Crippen LogP contribution is 1.99. The van der Waals surface area contributed by atoms with E-state index in [9.17, 15) is 9.59 Å². The number of amides is 1. The van der Waals surface area contributed by atoms with Crippen LogP contribution < -0.4 is 11.1 Å². The molecule has 0 spiro atoms. The summed E-state index contributed by atoms with van der Waals surface area (Å²) in [5, 5.41) is 11.2. The fourth-order valence-electron chi connectivity index (χ4n) is 1.27. The van der Waals surface area contributed by atoms with Crippen LogP contribution in [0.25, 0.3) is 0 Å². The molecule has 0 radical (unpaired) electrons. The lowest BCUT2D eigenvalue weighted by Gasteiger charge is -2.16. The second-order valence-corrected chi connectivity index (χ2v) is 3.58. The first-order valence-electron chi connectivity index (χ1n) is 5.31. The predicted molar refractivity (Wildman–Crippen MR) is 57.4 cm³/mol. The molecule has 5 heteroatoms. The summed E-state index contributed by atoms with van der Waals surface area (Å²) in [5.74, 6) is -1.38. The Kier molecular flexibility index (Phi) is 6.70. The second-order valence-electron chi connectivity index (χ2n) is 3.58. The molecule has 0 aromatic carbocycles. The molecule has 0 aromatic heterocycles. The molecule has 88 valence electrons. The highest BCUT2D eigenvalue weighted by atomic mass is 16.4. The van der Waals surface area contributed by atoms with E-state index < -0.39 is 18.1 Å². The van der Waals surface area contributed by atoms with Gasteiger partial charge in [0.25, 0.3) is 0 Å². The quantitative estimate of drug-likeness (QED) is 0.577. The number of carbonyl (C=O) groups excluding carboxylic acids is 1.